The van der Waals surface area contributed by atoms with E-state index in [-0.39, 0.29) is 18.1 Å². The minimum atomic E-state index is -0.295. The highest BCUT2D eigenvalue weighted by Crippen LogP contribution is 2.25. The van der Waals surface area contributed by atoms with E-state index < -0.39 is 0 Å². The third-order valence-corrected chi connectivity index (χ3v) is 4.72. The van der Waals surface area contributed by atoms with Gasteiger partial charge in [0.15, 0.2) is 0 Å². The molecule has 3 rings (SSSR count). The molecule has 0 bridgehead atoms. The van der Waals surface area contributed by atoms with E-state index in [0.717, 1.165) is 5.56 Å². The van der Waals surface area contributed by atoms with Gasteiger partial charge in [-0.05, 0) is 36.8 Å². The van der Waals surface area contributed by atoms with E-state index in [1.165, 1.54) is 6.20 Å². The van der Waals surface area contributed by atoms with Crippen molar-refractivity contribution in [3.8, 4) is 0 Å². The summed E-state index contributed by atoms with van der Waals surface area (Å²) in [6.07, 6.45) is 1.43. The molecule has 5 nitrogen and oxygen atoms in total. The third-order valence-electron chi connectivity index (χ3n) is 4.25. The summed E-state index contributed by atoms with van der Waals surface area (Å²) in [5.74, 6) is 0.385. The molecule has 2 aromatic rings. The Hall–Kier alpha value is -1.66. The van der Waals surface area contributed by atoms with E-state index in [0.29, 0.717) is 35.6 Å². The molecule has 1 N–H and O–H groups in total. The number of morpholine rings is 1. The average molecular weight is 380 g/mol. The number of pyridine rings is 1. The van der Waals surface area contributed by atoms with Crippen LogP contribution in [0.1, 0.15) is 18.6 Å². The van der Waals surface area contributed by atoms with E-state index in [9.17, 15) is 4.79 Å². The summed E-state index contributed by atoms with van der Waals surface area (Å²) in [6, 6.07) is 10.7. The Morgan fingerprint density at radius 3 is 2.64 bits per heavy atom. The van der Waals surface area contributed by atoms with E-state index in [1.54, 1.807) is 12.1 Å². The molecule has 1 amide bonds. The lowest BCUT2D eigenvalue weighted by Gasteiger charge is -2.36. The van der Waals surface area contributed by atoms with Crippen molar-refractivity contribution in [1.82, 2.24) is 9.88 Å². The van der Waals surface area contributed by atoms with Crippen molar-refractivity contribution in [3.63, 3.8) is 0 Å². The maximum absolute atomic E-state index is 12.5. The van der Waals surface area contributed by atoms with E-state index >= 15 is 0 Å². The predicted octanol–water partition coefficient (Wildman–Crippen LogP) is 3.79. The van der Waals surface area contributed by atoms with Crippen molar-refractivity contribution in [2.75, 3.05) is 25.0 Å². The minimum absolute atomic E-state index is 0.0741. The van der Waals surface area contributed by atoms with Gasteiger partial charge < -0.3 is 10.1 Å². The number of hydrogen-bond donors (Lipinski definition) is 1. The molecule has 2 heterocycles. The van der Waals surface area contributed by atoms with Crippen LogP contribution in [0.4, 0.5) is 5.82 Å². The van der Waals surface area contributed by atoms with Crippen LogP contribution < -0.4 is 5.32 Å². The topological polar surface area (TPSA) is 54.5 Å². The van der Waals surface area contributed by atoms with Crippen molar-refractivity contribution in [2.45, 2.75) is 19.1 Å². The molecule has 132 valence electrons. The molecule has 0 saturated carbocycles. The normalized spacial score (nSPS) is 19.4. The van der Waals surface area contributed by atoms with Gasteiger partial charge in [-0.2, -0.15) is 0 Å². The van der Waals surface area contributed by atoms with Crippen LogP contribution in [0.2, 0.25) is 10.0 Å². The number of anilines is 1. The fraction of sp³-hybridized carbons (Fsp3) is 0.333. The van der Waals surface area contributed by atoms with E-state index in [2.05, 4.69) is 15.2 Å². The molecule has 0 aliphatic carbocycles. The van der Waals surface area contributed by atoms with Crippen molar-refractivity contribution in [2.24, 2.45) is 0 Å². The Morgan fingerprint density at radius 1 is 1.24 bits per heavy atom. The molecule has 1 aliphatic rings. The van der Waals surface area contributed by atoms with Gasteiger partial charge in [0.1, 0.15) is 5.82 Å². The smallest absolute Gasteiger partial charge is 0.242 e. The Kier molecular flexibility index (Phi) is 5.91. The molecule has 2 atom stereocenters. The maximum Gasteiger partial charge on any atom is 0.242 e. The SMILES string of the molecule is C[C@@H](C(=O)Nc1ccc(Cl)cn1)N1CCO[C@@H](c2ccc(Cl)cc2)C1. The number of hydrogen-bond acceptors (Lipinski definition) is 4. The Labute approximate surface area is 156 Å². The number of halogens is 2. The van der Waals surface area contributed by atoms with Gasteiger partial charge in [0.05, 0.1) is 23.8 Å². The van der Waals surface area contributed by atoms with Crippen LogP contribution in [0.5, 0.6) is 0 Å². The lowest BCUT2D eigenvalue weighted by atomic mass is 10.1. The molecular weight excluding hydrogens is 361 g/mol. The second-order valence-corrected chi connectivity index (χ2v) is 6.81. The molecule has 1 fully saturated rings. The first-order valence-corrected chi connectivity index (χ1v) is 8.82. The standard InChI is InChI=1S/C18H19Cl2N3O2/c1-12(18(24)22-17-7-6-15(20)10-21-17)23-8-9-25-16(11-23)13-2-4-14(19)5-3-13/h2-7,10,12,16H,8-9,11H2,1H3,(H,21,22,24)/t12-,16+/m0/s1. The van der Waals surface area contributed by atoms with Gasteiger partial charge in [-0.3, -0.25) is 9.69 Å². The Balaban J connectivity index is 1.62. The van der Waals surface area contributed by atoms with Crippen LogP contribution >= 0.6 is 23.2 Å². The number of benzene rings is 1. The first-order valence-electron chi connectivity index (χ1n) is 8.06. The lowest BCUT2D eigenvalue weighted by molar-refractivity contribution is -0.124. The number of ether oxygens (including phenoxy) is 1. The molecule has 1 saturated heterocycles. The highest BCUT2D eigenvalue weighted by Gasteiger charge is 2.28. The van der Waals surface area contributed by atoms with Gasteiger partial charge in [-0.1, -0.05) is 35.3 Å². The van der Waals surface area contributed by atoms with Crippen molar-refractivity contribution in [1.29, 1.82) is 0 Å². The van der Waals surface area contributed by atoms with Gasteiger partial charge in [0.2, 0.25) is 5.91 Å². The van der Waals surface area contributed by atoms with Gasteiger partial charge >= 0.3 is 0 Å². The highest BCUT2D eigenvalue weighted by molar-refractivity contribution is 6.30. The predicted molar refractivity (Wildman–Crippen MR) is 99.1 cm³/mol. The summed E-state index contributed by atoms with van der Waals surface area (Å²) in [4.78, 5) is 18.7. The second kappa shape index (κ2) is 8.15. The number of rotatable bonds is 4. The van der Waals surface area contributed by atoms with Gasteiger partial charge in [-0.25, -0.2) is 4.98 Å². The lowest BCUT2D eigenvalue weighted by Crippen LogP contribution is -2.48. The first-order chi connectivity index (χ1) is 12.0. The number of aromatic nitrogens is 1. The molecule has 0 radical (unpaired) electrons. The van der Waals surface area contributed by atoms with Crippen molar-refractivity contribution < 1.29 is 9.53 Å². The molecule has 1 aliphatic heterocycles. The molecule has 0 unspecified atom stereocenters. The van der Waals surface area contributed by atoms with Gasteiger partial charge in [0.25, 0.3) is 0 Å². The number of nitrogens with zero attached hydrogens (tertiary/aromatic N) is 2. The second-order valence-electron chi connectivity index (χ2n) is 5.93. The number of carbonyl (C=O) groups is 1. The largest absolute Gasteiger partial charge is 0.371 e. The maximum atomic E-state index is 12.5. The van der Waals surface area contributed by atoms with E-state index in [1.807, 2.05) is 31.2 Å². The highest BCUT2D eigenvalue weighted by atomic mass is 35.5. The summed E-state index contributed by atoms with van der Waals surface area (Å²) in [6.45, 7) is 3.80. The quantitative estimate of drug-likeness (QED) is 0.877. The molecule has 7 heteroatoms. The molecule has 25 heavy (non-hydrogen) atoms. The summed E-state index contributed by atoms with van der Waals surface area (Å²) in [7, 11) is 0. The third kappa shape index (κ3) is 4.70. The molecule has 0 spiro atoms. The first kappa shape index (κ1) is 18.1. The van der Waals surface area contributed by atoms with Crippen LogP contribution in [-0.4, -0.2) is 41.5 Å². The molecule has 1 aromatic carbocycles. The average Bonchev–Trinajstić information content (AvgIpc) is 2.63. The molecular formula is C18H19Cl2N3O2. The fourth-order valence-electron chi connectivity index (χ4n) is 2.75. The fourth-order valence-corrected chi connectivity index (χ4v) is 2.98. The number of nitrogens with one attached hydrogen (secondary N) is 1. The number of carbonyl (C=O) groups excluding carboxylic acids is 1. The summed E-state index contributed by atoms with van der Waals surface area (Å²) in [5.41, 5.74) is 1.06. The monoisotopic (exact) mass is 379 g/mol. The zero-order chi connectivity index (χ0) is 17.8. The Bertz CT molecular complexity index is 722. The molecule has 1 aromatic heterocycles. The number of amides is 1. The van der Waals surface area contributed by atoms with Crippen LogP contribution in [0.3, 0.4) is 0 Å². The summed E-state index contributed by atoms with van der Waals surface area (Å²) >= 11 is 11.8. The van der Waals surface area contributed by atoms with Gasteiger partial charge in [0, 0.05) is 24.3 Å². The van der Waals surface area contributed by atoms with Crippen LogP contribution in [0.15, 0.2) is 42.6 Å². The van der Waals surface area contributed by atoms with Crippen LogP contribution in [0.25, 0.3) is 0 Å². The van der Waals surface area contributed by atoms with Crippen molar-refractivity contribution >= 4 is 34.9 Å². The van der Waals surface area contributed by atoms with E-state index in [4.69, 9.17) is 27.9 Å². The minimum Gasteiger partial charge on any atom is -0.371 e. The zero-order valence-electron chi connectivity index (χ0n) is 13.8. The Morgan fingerprint density at radius 2 is 1.96 bits per heavy atom. The summed E-state index contributed by atoms with van der Waals surface area (Å²) < 4.78 is 5.85. The van der Waals surface area contributed by atoms with Gasteiger partial charge in [-0.15, -0.1) is 0 Å². The zero-order valence-corrected chi connectivity index (χ0v) is 15.3. The summed E-state index contributed by atoms with van der Waals surface area (Å²) in [5, 5.41) is 4.05. The van der Waals surface area contributed by atoms with Crippen molar-refractivity contribution in [3.05, 3.63) is 58.2 Å². The van der Waals surface area contributed by atoms with Crippen LogP contribution in [-0.2, 0) is 9.53 Å². The van der Waals surface area contributed by atoms with Crippen LogP contribution in [0, 0.1) is 0 Å².